The fraction of sp³-hybridized carbons (Fsp3) is 0.641. The highest BCUT2D eigenvalue weighted by Crippen LogP contribution is 2.43. The number of pyridine rings is 1. The third kappa shape index (κ3) is 17.7. The van der Waals surface area contributed by atoms with Crippen molar-refractivity contribution in [2.24, 2.45) is 34.5 Å². The van der Waals surface area contributed by atoms with Crippen molar-refractivity contribution >= 4 is 69.6 Å². The van der Waals surface area contributed by atoms with Gasteiger partial charge in [-0.05, 0) is 207 Å². The normalized spacial score (nSPS) is 24.5. The molecular formula is C64H87N7O7S3. The second-order valence-electron chi connectivity index (χ2n) is 25.7. The second-order valence-corrected chi connectivity index (χ2v) is 29.1. The lowest BCUT2D eigenvalue weighted by molar-refractivity contribution is -0.125. The van der Waals surface area contributed by atoms with E-state index < -0.39 is 11.9 Å². The van der Waals surface area contributed by atoms with E-state index in [9.17, 15) is 29.4 Å². The van der Waals surface area contributed by atoms with Gasteiger partial charge < -0.3 is 24.7 Å². The molecule has 5 fully saturated rings. The molecule has 0 aromatic carbocycles. The van der Waals surface area contributed by atoms with Crippen molar-refractivity contribution in [1.82, 2.24) is 25.1 Å². The molecule has 0 atom stereocenters. The van der Waals surface area contributed by atoms with Crippen molar-refractivity contribution < 1.29 is 34.1 Å². The van der Waals surface area contributed by atoms with E-state index in [1.165, 1.54) is 41.9 Å². The summed E-state index contributed by atoms with van der Waals surface area (Å²) in [6.45, 7) is 21.7. The number of ether oxygens (including phenoxy) is 1. The number of amides is 2. The summed E-state index contributed by atoms with van der Waals surface area (Å²) in [5.41, 5.74) is 1.68. The number of carboxylic acids is 2. The number of carbonyl (C=O) groups is 4. The third-order valence-corrected chi connectivity index (χ3v) is 19.7. The van der Waals surface area contributed by atoms with Gasteiger partial charge in [-0.3, -0.25) is 19.6 Å². The molecule has 0 bridgehead atoms. The van der Waals surface area contributed by atoms with Crippen LogP contribution in [0.15, 0.2) is 35.5 Å². The van der Waals surface area contributed by atoms with Crippen LogP contribution < -0.4 is 14.5 Å². The zero-order chi connectivity index (χ0) is 58.0. The van der Waals surface area contributed by atoms with Crippen LogP contribution in [0.5, 0.6) is 5.88 Å². The highest BCUT2D eigenvalue weighted by Gasteiger charge is 2.40. The molecule has 5 aliphatic rings. The summed E-state index contributed by atoms with van der Waals surface area (Å²) in [5, 5.41) is 28.6. The number of thioether (sulfide) groups is 1. The number of aromatic nitrogens is 4. The Balaban J connectivity index is 0.000000216. The molecular weight excluding hydrogens is 1070 g/mol. The van der Waals surface area contributed by atoms with Crippen molar-refractivity contribution in [2.75, 3.05) is 22.9 Å². The molecule has 14 nitrogen and oxygen atoms in total. The van der Waals surface area contributed by atoms with Crippen molar-refractivity contribution in [3.05, 3.63) is 61.4 Å². The van der Waals surface area contributed by atoms with Crippen LogP contribution in [0.1, 0.15) is 218 Å². The van der Waals surface area contributed by atoms with Crippen molar-refractivity contribution in [1.29, 1.82) is 0 Å². The summed E-state index contributed by atoms with van der Waals surface area (Å²) in [5.74, 6) is 13.6. The summed E-state index contributed by atoms with van der Waals surface area (Å²) in [7, 11) is 0. The first-order chi connectivity index (χ1) is 38.5. The van der Waals surface area contributed by atoms with Gasteiger partial charge in [0.25, 0.3) is 0 Å². The molecule has 17 heteroatoms. The molecule has 0 unspecified atom stereocenters. The van der Waals surface area contributed by atoms with Crippen molar-refractivity contribution in [2.45, 2.75) is 219 Å². The Morgan fingerprint density at radius 2 is 1.16 bits per heavy atom. The third-order valence-electron chi connectivity index (χ3n) is 16.4. The molecule has 4 aromatic heterocycles. The highest BCUT2D eigenvalue weighted by atomic mass is 32.2. The van der Waals surface area contributed by atoms with Gasteiger partial charge in [0, 0.05) is 52.6 Å². The molecule has 4 aromatic rings. The molecule has 9 rings (SSSR count). The summed E-state index contributed by atoms with van der Waals surface area (Å²) in [6, 6.07) is 9.64. The number of aromatic amines is 1. The standard InChI is InChI=1S/C36H49N3O4S.C28H38N4O3S2/c1-25-11-13-26(14-12-25)34(40)39(31-23-30(19-20-36(2,3)4)44-33(31)35(41)42)28-15-17-29(18-16-28)43-32-10-8-9-27(37-32)24-38-21-6-5-7-22-38;1-17-6-8-19(9-7-17)25(33)32(20-10-12-21(13-11-20)37-27-29-18(2)30-31-27)23-16-22(14-15-28(3,4)5)36-24(23)26(34)35/h8-10,23,25-26,28-29H,5-7,11-18,21-22,24H2,1-4H3,(H,41,42);16-17,19-21H,6-13H2,1-5H3,(H,34,35)(H,29,30,31). The van der Waals surface area contributed by atoms with Crippen LogP contribution in [0.25, 0.3) is 0 Å². The highest BCUT2D eigenvalue weighted by molar-refractivity contribution is 7.99. The minimum Gasteiger partial charge on any atom is -0.477 e. The number of nitrogens with one attached hydrogen (secondary N) is 1. The van der Waals surface area contributed by atoms with Crippen molar-refractivity contribution in [3.63, 3.8) is 0 Å². The Kier molecular flexibility index (Phi) is 21.3. The minimum atomic E-state index is -1.00. The fourth-order valence-corrected chi connectivity index (χ4v) is 14.7. The van der Waals surface area contributed by atoms with Crippen LogP contribution in [-0.4, -0.2) is 95.6 Å². The van der Waals surface area contributed by atoms with Crippen LogP contribution in [0.3, 0.4) is 0 Å². The van der Waals surface area contributed by atoms with E-state index in [0.717, 1.165) is 139 Å². The van der Waals surface area contributed by atoms with E-state index in [0.29, 0.717) is 44.1 Å². The zero-order valence-electron chi connectivity index (χ0n) is 49.4. The number of hydrogen-bond acceptors (Lipinski definition) is 12. The van der Waals surface area contributed by atoms with Gasteiger partial charge in [-0.25, -0.2) is 19.6 Å². The van der Waals surface area contributed by atoms with Crippen molar-refractivity contribution in [3.8, 4) is 29.6 Å². The number of piperidine rings is 1. The average molecular weight is 1160 g/mol. The van der Waals surface area contributed by atoms with Crippen LogP contribution in [0.4, 0.5) is 11.4 Å². The number of nitrogens with zero attached hydrogens (tertiary/aromatic N) is 6. The number of likely N-dealkylation sites (tertiary alicyclic amines) is 1. The second kappa shape index (κ2) is 27.9. The van der Waals surface area contributed by atoms with Gasteiger partial charge in [0.1, 0.15) is 21.7 Å². The van der Waals surface area contributed by atoms with Gasteiger partial charge in [-0.2, -0.15) is 0 Å². The Hall–Kier alpha value is -5.20. The van der Waals surface area contributed by atoms with Gasteiger partial charge in [0.05, 0.1) is 26.8 Å². The first kappa shape index (κ1) is 61.9. The molecule has 5 heterocycles. The minimum absolute atomic E-state index is 0.0195. The van der Waals surface area contributed by atoms with Crippen LogP contribution >= 0.6 is 34.4 Å². The SMILES string of the molecule is CC1CCC(C(=O)N(c2cc(C#CC(C)(C)C)sc2C(=O)O)C2CCC(Oc3cccc(CN4CCCCC4)n3)CC2)CC1.Cc1nc(SC2CCC(N(C(=O)C3CCC(C)CC3)c3cc(C#CC(C)(C)C)sc3C(=O)O)CC2)n[nH]1. The summed E-state index contributed by atoms with van der Waals surface area (Å²) < 4.78 is 6.39. The predicted molar refractivity (Wildman–Crippen MR) is 325 cm³/mol. The Morgan fingerprint density at radius 3 is 1.60 bits per heavy atom. The van der Waals surface area contributed by atoms with Crippen LogP contribution in [-0.2, 0) is 16.1 Å². The molecule has 4 aliphatic carbocycles. The molecule has 438 valence electrons. The summed E-state index contributed by atoms with van der Waals surface area (Å²) >= 11 is 4.04. The molecule has 1 saturated heterocycles. The van der Waals surface area contributed by atoms with Crippen LogP contribution in [0.2, 0.25) is 0 Å². The largest absolute Gasteiger partial charge is 0.477 e. The van der Waals surface area contributed by atoms with Gasteiger partial charge in [0.2, 0.25) is 22.9 Å². The number of aryl methyl sites for hydroxylation is 1. The number of thiophene rings is 2. The Labute approximate surface area is 493 Å². The number of hydrogen-bond donors (Lipinski definition) is 3. The maximum Gasteiger partial charge on any atom is 0.348 e. The lowest BCUT2D eigenvalue weighted by atomic mass is 9.81. The molecule has 4 saturated carbocycles. The van der Waals surface area contributed by atoms with Gasteiger partial charge in [-0.1, -0.05) is 61.8 Å². The number of H-pyrrole nitrogens is 1. The van der Waals surface area contributed by atoms with Gasteiger partial charge in [0.15, 0.2) is 0 Å². The summed E-state index contributed by atoms with van der Waals surface area (Å²) in [4.78, 5) is 70.3. The topological polar surface area (TPSA) is 182 Å². The predicted octanol–water partition coefficient (Wildman–Crippen LogP) is 14.3. The number of rotatable bonds is 14. The lowest BCUT2D eigenvalue weighted by Crippen LogP contribution is -2.47. The van der Waals surface area contributed by atoms with E-state index in [1.807, 2.05) is 82.5 Å². The number of carboxylic acid groups (broad SMARTS) is 2. The van der Waals surface area contributed by atoms with E-state index in [2.05, 4.69) is 63.7 Å². The summed E-state index contributed by atoms with van der Waals surface area (Å²) in [6.07, 6.45) is 18.1. The number of carbonyl (C=O) groups excluding carboxylic acids is 2. The zero-order valence-corrected chi connectivity index (χ0v) is 51.9. The Morgan fingerprint density at radius 1 is 0.679 bits per heavy atom. The first-order valence-corrected chi connectivity index (χ1v) is 32.4. The maximum atomic E-state index is 14.2. The first-order valence-electron chi connectivity index (χ1n) is 29.9. The number of aromatic carboxylic acids is 2. The quantitative estimate of drug-likeness (QED) is 0.102. The van der Waals surface area contributed by atoms with E-state index in [1.54, 1.807) is 11.8 Å². The lowest BCUT2D eigenvalue weighted by Gasteiger charge is -2.39. The van der Waals surface area contributed by atoms with Crippen LogP contribution in [0, 0.1) is 65.1 Å². The van der Waals surface area contributed by atoms with Gasteiger partial charge in [-0.15, -0.1) is 27.8 Å². The smallest absolute Gasteiger partial charge is 0.348 e. The number of anilines is 2. The van der Waals surface area contributed by atoms with Gasteiger partial charge >= 0.3 is 11.9 Å². The van der Waals surface area contributed by atoms with E-state index >= 15 is 0 Å². The monoisotopic (exact) mass is 1160 g/mol. The molecule has 0 spiro atoms. The molecule has 81 heavy (non-hydrogen) atoms. The average Bonchev–Trinajstić information content (AvgIpc) is 4.20. The molecule has 1 aliphatic heterocycles. The van der Waals surface area contributed by atoms with E-state index in [-0.39, 0.29) is 62.4 Å². The molecule has 2 amide bonds. The maximum absolute atomic E-state index is 14.2. The molecule has 0 radical (unpaired) electrons. The fourth-order valence-electron chi connectivity index (χ4n) is 11.9. The van der Waals surface area contributed by atoms with E-state index in [4.69, 9.17) is 9.72 Å². The Bertz CT molecular complexity index is 2910. The molecule has 3 N–H and O–H groups in total.